The van der Waals surface area contributed by atoms with Crippen molar-refractivity contribution in [2.75, 3.05) is 11.3 Å². The second-order valence-electron chi connectivity index (χ2n) is 7.48. The van der Waals surface area contributed by atoms with E-state index in [1.807, 2.05) is 48.5 Å². The SMILES string of the molecule is CCOC(=O)c1c(S(=O)(=O)Nc2ccccc2Cl)c(-c2ccccc2)n(-c2ccccc2)c1C. The van der Waals surface area contributed by atoms with Crippen molar-refractivity contribution in [2.45, 2.75) is 18.7 Å². The van der Waals surface area contributed by atoms with Crippen molar-refractivity contribution in [3.05, 3.63) is 101 Å². The van der Waals surface area contributed by atoms with Gasteiger partial charge in [-0.15, -0.1) is 0 Å². The second-order valence-corrected chi connectivity index (χ2v) is 9.51. The Hall–Kier alpha value is -3.55. The van der Waals surface area contributed by atoms with Gasteiger partial charge in [-0.05, 0) is 43.7 Å². The molecule has 0 spiro atoms. The third-order valence-corrected chi connectivity index (χ3v) is 7.04. The first kappa shape index (κ1) is 23.6. The molecule has 0 aliphatic carbocycles. The smallest absolute Gasteiger partial charge is 0.341 e. The van der Waals surface area contributed by atoms with Crippen LogP contribution in [0.3, 0.4) is 0 Å². The highest BCUT2D eigenvalue weighted by atomic mass is 35.5. The van der Waals surface area contributed by atoms with Crippen LogP contribution in [-0.2, 0) is 14.8 Å². The molecule has 0 aliphatic heterocycles. The summed E-state index contributed by atoms with van der Waals surface area (Å²) >= 11 is 6.24. The molecule has 174 valence electrons. The van der Waals surface area contributed by atoms with E-state index >= 15 is 0 Å². The summed E-state index contributed by atoms with van der Waals surface area (Å²) in [5, 5.41) is 0.240. The van der Waals surface area contributed by atoms with Crippen molar-refractivity contribution in [1.29, 1.82) is 0 Å². The van der Waals surface area contributed by atoms with Crippen molar-refractivity contribution < 1.29 is 17.9 Å². The van der Waals surface area contributed by atoms with Crippen LogP contribution in [0.25, 0.3) is 16.9 Å². The summed E-state index contributed by atoms with van der Waals surface area (Å²) in [6, 6.07) is 24.9. The Bertz CT molecular complexity index is 1430. The van der Waals surface area contributed by atoms with Gasteiger partial charge in [-0.25, -0.2) is 13.2 Å². The first-order valence-corrected chi connectivity index (χ1v) is 12.5. The lowest BCUT2D eigenvalue weighted by molar-refractivity contribution is 0.0521. The molecule has 3 aromatic carbocycles. The number of nitrogens with one attached hydrogen (secondary N) is 1. The molecular weight excluding hydrogens is 472 g/mol. The van der Waals surface area contributed by atoms with E-state index in [-0.39, 0.29) is 27.8 Å². The molecule has 1 heterocycles. The number of sulfonamides is 1. The molecule has 0 unspecified atom stereocenters. The number of benzene rings is 3. The maximum atomic E-state index is 13.9. The molecule has 6 nitrogen and oxygen atoms in total. The fourth-order valence-corrected chi connectivity index (χ4v) is 5.64. The van der Waals surface area contributed by atoms with E-state index in [1.54, 1.807) is 54.8 Å². The van der Waals surface area contributed by atoms with Crippen LogP contribution < -0.4 is 4.72 Å². The highest BCUT2D eigenvalue weighted by molar-refractivity contribution is 7.93. The van der Waals surface area contributed by atoms with E-state index in [1.165, 1.54) is 0 Å². The van der Waals surface area contributed by atoms with Gasteiger partial charge < -0.3 is 9.30 Å². The van der Waals surface area contributed by atoms with Crippen molar-refractivity contribution >= 4 is 33.3 Å². The lowest BCUT2D eigenvalue weighted by Gasteiger charge is -2.15. The van der Waals surface area contributed by atoms with Crippen molar-refractivity contribution in [1.82, 2.24) is 4.57 Å². The zero-order valence-corrected chi connectivity index (χ0v) is 20.2. The largest absolute Gasteiger partial charge is 0.462 e. The predicted molar refractivity (Wildman–Crippen MR) is 134 cm³/mol. The van der Waals surface area contributed by atoms with Crippen LogP contribution in [-0.4, -0.2) is 25.6 Å². The van der Waals surface area contributed by atoms with Crippen LogP contribution in [0.1, 0.15) is 23.0 Å². The number of carbonyl (C=O) groups excluding carboxylic acids is 1. The average Bonchev–Trinajstić information content (AvgIpc) is 3.15. The number of halogens is 1. The zero-order chi connectivity index (χ0) is 24.3. The maximum Gasteiger partial charge on any atom is 0.341 e. The molecule has 8 heteroatoms. The Morgan fingerprint density at radius 1 is 0.941 bits per heavy atom. The molecule has 0 fully saturated rings. The molecule has 1 N–H and O–H groups in total. The summed E-state index contributed by atoms with van der Waals surface area (Å²) in [4.78, 5) is 13.0. The van der Waals surface area contributed by atoms with Gasteiger partial charge in [0, 0.05) is 11.4 Å². The minimum atomic E-state index is -4.27. The molecule has 0 saturated carbocycles. The molecule has 0 aliphatic rings. The summed E-state index contributed by atoms with van der Waals surface area (Å²) in [5.74, 6) is -0.716. The molecule has 0 bridgehead atoms. The van der Waals surface area contributed by atoms with Crippen LogP contribution in [0.4, 0.5) is 5.69 Å². The third kappa shape index (κ3) is 4.44. The number of aromatic nitrogens is 1. The van der Waals surface area contributed by atoms with Gasteiger partial charge in [0.25, 0.3) is 10.0 Å². The maximum absolute atomic E-state index is 13.9. The van der Waals surface area contributed by atoms with E-state index in [2.05, 4.69) is 4.72 Å². The highest BCUT2D eigenvalue weighted by Crippen LogP contribution is 2.39. The van der Waals surface area contributed by atoms with Crippen molar-refractivity contribution in [3.8, 4) is 16.9 Å². The molecule has 34 heavy (non-hydrogen) atoms. The van der Waals surface area contributed by atoms with Crippen molar-refractivity contribution in [2.24, 2.45) is 0 Å². The van der Waals surface area contributed by atoms with Gasteiger partial charge in [-0.2, -0.15) is 0 Å². The van der Waals surface area contributed by atoms with E-state index in [9.17, 15) is 13.2 Å². The minimum Gasteiger partial charge on any atom is -0.462 e. The Labute approximate surface area is 203 Å². The van der Waals surface area contributed by atoms with Crippen LogP contribution in [0.15, 0.2) is 89.8 Å². The Balaban J connectivity index is 2.08. The zero-order valence-electron chi connectivity index (χ0n) is 18.7. The van der Waals surface area contributed by atoms with Gasteiger partial charge >= 0.3 is 5.97 Å². The van der Waals surface area contributed by atoms with Gasteiger partial charge in [-0.3, -0.25) is 4.72 Å². The summed E-state index contributed by atoms with van der Waals surface area (Å²) < 4.78 is 37.4. The summed E-state index contributed by atoms with van der Waals surface area (Å²) in [6.45, 7) is 3.49. The number of carbonyl (C=O) groups is 1. The predicted octanol–water partition coefficient (Wildman–Crippen LogP) is 6.08. The van der Waals surface area contributed by atoms with E-state index in [4.69, 9.17) is 16.3 Å². The normalized spacial score (nSPS) is 11.3. The number of rotatable bonds is 7. The molecular formula is C26H23ClN2O4S. The number of ether oxygens (including phenoxy) is 1. The summed E-state index contributed by atoms with van der Waals surface area (Å²) in [7, 11) is -4.27. The first-order chi connectivity index (χ1) is 16.3. The Kier molecular flexibility index (Phi) is 6.77. The van der Waals surface area contributed by atoms with Crippen LogP contribution in [0.5, 0.6) is 0 Å². The van der Waals surface area contributed by atoms with Gasteiger partial charge in [-0.1, -0.05) is 72.3 Å². The molecule has 0 radical (unpaired) electrons. The summed E-state index contributed by atoms with van der Waals surface area (Å²) in [5.41, 5.74) is 2.33. The summed E-state index contributed by atoms with van der Waals surface area (Å²) in [6.07, 6.45) is 0. The van der Waals surface area contributed by atoms with Crippen LogP contribution in [0.2, 0.25) is 5.02 Å². The molecule has 0 amide bonds. The number of nitrogens with zero attached hydrogens (tertiary/aromatic N) is 1. The van der Waals surface area contributed by atoms with E-state index in [0.717, 1.165) is 0 Å². The standard InChI is InChI=1S/C26H23ClN2O4S/c1-3-33-26(30)23-18(2)29(20-14-8-5-9-15-20)24(19-12-6-4-7-13-19)25(23)34(31,32)28-22-17-11-10-16-21(22)27/h4-17,28H,3H2,1-2H3. The quantitative estimate of drug-likeness (QED) is 0.316. The minimum absolute atomic E-state index is 0.0240. The first-order valence-electron chi connectivity index (χ1n) is 10.7. The Morgan fingerprint density at radius 3 is 2.15 bits per heavy atom. The number of anilines is 1. The molecule has 4 rings (SSSR count). The topological polar surface area (TPSA) is 77.4 Å². The van der Waals surface area contributed by atoms with Gasteiger partial charge in [0.1, 0.15) is 10.5 Å². The molecule has 0 atom stereocenters. The van der Waals surface area contributed by atoms with E-state index in [0.29, 0.717) is 22.6 Å². The van der Waals surface area contributed by atoms with Gasteiger partial charge in [0.2, 0.25) is 0 Å². The lowest BCUT2D eigenvalue weighted by atomic mass is 10.1. The molecule has 1 aromatic heterocycles. The monoisotopic (exact) mass is 494 g/mol. The van der Waals surface area contributed by atoms with Crippen LogP contribution in [0, 0.1) is 6.92 Å². The van der Waals surface area contributed by atoms with Gasteiger partial charge in [0.05, 0.1) is 23.0 Å². The molecule has 4 aromatic rings. The number of para-hydroxylation sites is 2. The highest BCUT2D eigenvalue weighted by Gasteiger charge is 2.35. The van der Waals surface area contributed by atoms with Crippen LogP contribution >= 0.6 is 11.6 Å². The fraction of sp³-hybridized carbons (Fsp3) is 0.115. The third-order valence-electron chi connectivity index (χ3n) is 5.29. The van der Waals surface area contributed by atoms with Crippen molar-refractivity contribution in [3.63, 3.8) is 0 Å². The fourth-order valence-electron chi connectivity index (χ4n) is 3.86. The van der Waals surface area contributed by atoms with Gasteiger partial charge in [0.15, 0.2) is 0 Å². The number of hydrogen-bond acceptors (Lipinski definition) is 4. The average molecular weight is 495 g/mol. The van der Waals surface area contributed by atoms with E-state index < -0.39 is 16.0 Å². The Morgan fingerprint density at radius 2 is 1.53 bits per heavy atom. The number of hydrogen-bond donors (Lipinski definition) is 1. The molecule has 0 saturated heterocycles. The lowest BCUT2D eigenvalue weighted by Crippen LogP contribution is -2.18. The second kappa shape index (κ2) is 9.75. The number of esters is 1.